The molecule has 0 aliphatic carbocycles. The summed E-state index contributed by atoms with van der Waals surface area (Å²) >= 11 is 1.28. The van der Waals surface area contributed by atoms with Gasteiger partial charge < -0.3 is 10.1 Å². The van der Waals surface area contributed by atoms with Gasteiger partial charge in [0.2, 0.25) is 5.91 Å². The van der Waals surface area contributed by atoms with Crippen molar-refractivity contribution < 1.29 is 17.9 Å². The number of nitrogens with zero attached hydrogens (tertiary/aromatic N) is 3. The summed E-state index contributed by atoms with van der Waals surface area (Å²) in [6, 6.07) is 16.9. The molecule has 1 N–H and O–H groups in total. The molecule has 2 heterocycles. The molecule has 0 spiro atoms. The normalized spacial score (nSPS) is 18.2. The highest BCUT2D eigenvalue weighted by Gasteiger charge is 2.30. The molecule has 1 aromatic heterocycles. The Labute approximate surface area is 191 Å². The van der Waals surface area contributed by atoms with E-state index in [1.807, 2.05) is 59.2 Å². The maximum absolute atomic E-state index is 12.7. The monoisotopic (exact) mass is 472 g/mol. The first kappa shape index (κ1) is 22.3. The number of nitrogens with one attached hydrogen (secondary N) is 1. The summed E-state index contributed by atoms with van der Waals surface area (Å²) in [5, 5.41) is 11.7. The Morgan fingerprint density at radius 3 is 2.50 bits per heavy atom. The summed E-state index contributed by atoms with van der Waals surface area (Å²) in [5.74, 6) is 1.29. The maximum atomic E-state index is 12.7. The molecular weight excluding hydrogens is 448 g/mol. The van der Waals surface area contributed by atoms with Gasteiger partial charge in [-0.25, -0.2) is 8.42 Å². The van der Waals surface area contributed by atoms with E-state index in [0.717, 1.165) is 17.0 Å². The molecular formula is C22H24N4O4S2. The third-order valence-electron chi connectivity index (χ3n) is 5.23. The van der Waals surface area contributed by atoms with Gasteiger partial charge in [0.1, 0.15) is 5.75 Å². The quantitative estimate of drug-likeness (QED) is 0.528. The molecule has 2 unspecified atom stereocenters. The van der Waals surface area contributed by atoms with E-state index in [2.05, 4.69) is 15.5 Å². The van der Waals surface area contributed by atoms with Crippen molar-refractivity contribution in [3.8, 4) is 22.8 Å². The highest BCUT2D eigenvalue weighted by molar-refractivity contribution is 8.00. The number of thioether (sulfide) groups is 1. The number of rotatable bonds is 7. The molecule has 4 rings (SSSR count). The van der Waals surface area contributed by atoms with Crippen LogP contribution in [0.4, 0.5) is 0 Å². The Kier molecular flexibility index (Phi) is 6.52. The first-order chi connectivity index (χ1) is 15.4. The molecule has 1 aliphatic heterocycles. The van der Waals surface area contributed by atoms with Crippen LogP contribution >= 0.6 is 11.8 Å². The lowest BCUT2D eigenvalue weighted by atomic mass is 10.2. The largest absolute Gasteiger partial charge is 0.497 e. The lowest BCUT2D eigenvalue weighted by Crippen LogP contribution is -2.40. The Balaban J connectivity index is 1.59. The number of methoxy groups -OCH3 is 1. The van der Waals surface area contributed by atoms with Gasteiger partial charge in [-0.3, -0.25) is 9.36 Å². The van der Waals surface area contributed by atoms with Crippen LogP contribution < -0.4 is 10.1 Å². The lowest BCUT2D eigenvalue weighted by Gasteiger charge is -2.16. The number of aromatic nitrogens is 3. The van der Waals surface area contributed by atoms with Gasteiger partial charge in [-0.1, -0.05) is 30.0 Å². The molecule has 2 aromatic carbocycles. The van der Waals surface area contributed by atoms with Crippen molar-refractivity contribution in [3.05, 3.63) is 54.6 Å². The predicted molar refractivity (Wildman–Crippen MR) is 124 cm³/mol. The van der Waals surface area contributed by atoms with Gasteiger partial charge in [0, 0.05) is 17.3 Å². The molecule has 1 aliphatic rings. The second-order valence-corrected chi connectivity index (χ2v) is 11.1. The summed E-state index contributed by atoms with van der Waals surface area (Å²) in [6.07, 6.45) is 0.452. The van der Waals surface area contributed by atoms with E-state index in [1.165, 1.54) is 11.8 Å². The number of ether oxygens (including phenoxy) is 1. The van der Waals surface area contributed by atoms with Gasteiger partial charge >= 0.3 is 0 Å². The van der Waals surface area contributed by atoms with Crippen molar-refractivity contribution in [2.24, 2.45) is 0 Å². The highest BCUT2D eigenvalue weighted by Crippen LogP contribution is 2.31. The molecule has 168 valence electrons. The summed E-state index contributed by atoms with van der Waals surface area (Å²) in [4.78, 5) is 12.7. The number of carbonyl (C=O) groups is 1. The topological polar surface area (TPSA) is 103 Å². The number of hydrogen-bond donors (Lipinski definition) is 1. The van der Waals surface area contributed by atoms with Gasteiger partial charge in [-0.05, 0) is 49.7 Å². The van der Waals surface area contributed by atoms with Gasteiger partial charge in [0.25, 0.3) is 0 Å². The number of amides is 1. The van der Waals surface area contributed by atoms with Crippen LogP contribution in [0.25, 0.3) is 17.1 Å². The summed E-state index contributed by atoms with van der Waals surface area (Å²) in [6.45, 7) is 1.78. The van der Waals surface area contributed by atoms with Crippen LogP contribution in [0.15, 0.2) is 59.8 Å². The Morgan fingerprint density at radius 2 is 1.88 bits per heavy atom. The average Bonchev–Trinajstić information content (AvgIpc) is 3.36. The SMILES string of the molecule is COc1ccc(-c2nnc(SC(C)C(=O)NC3CCS(=O)(=O)C3)n2-c2ccccc2)cc1. The van der Waals surface area contributed by atoms with Crippen LogP contribution in [0.1, 0.15) is 13.3 Å². The minimum absolute atomic E-state index is 0.00204. The molecule has 2 atom stereocenters. The van der Waals surface area contributed by atoms with Crippen LogP contribution in [-0.4, -0.2) is 59.0 Å². The summed E-state index contributed by atoms with van der Waals surface area (Å²) < 4.78 is 30.5. The fourth-order valence-electron chi connectivity index (χ4n) is 3.52. The molecule has 0 radical (unpaired) electrons. The third-order valence-corrected chi connectivity index (χ3v) is 8.04. The number of carbonyl (C=O) groups excluding carboxylic acids is 1. The first-order valence-electron chi connectivity index (χ1n) is 10.2. The van der Waals surface area contributed by atoms with Crippen LogP contribution in [-0.2, 0) is 14.6 Å². The van der Waals surface area contributed by atoms with Crippen molar-refractivity contribution in [1.82, 2.24) is 20.1 Å². The van der Waals surface area contributed by atoms with Gasteiger partial charge in [-0.15, -0.1) is 10.2 Å². The highest BCUT2D eigenvalue weighted by atomic mass is 32.2. The predicted octanol–water partition coefficient (Wildman–Crippen LogP) is 2.73. The van der Waals surface area contributed by atoms with E-state index in [9.17, 15) is 13.2 Å². The van der Waals surface area contributed by atoms with E-state index >= 15 is 0 Å². The molecule has 1 amide bonds. The zero-order chi connectivity index (χ0) is 22.7. The average molecular weight is 473 g/mol. The van der Waals surface area contributed by atoms with Crippen molar-refractivity contribution >= 4 is 27.5 Å². The second-order valence-electron chi connectivity index (χ2n) is 7.57. The summed E-state index contributed by atoms with van der Waals surface area (Å²) in [7, 11) is -1.44. The molecule has 32 heavy (non-hydrogen) atoms. The van der Waals surface area contributed by atoms with E-state index in [0.29, 0.717) is 17.4 Å². The molecule has 10 heteroatoms. The minimum Gasteiger partial charge on any atom is -0.497 e. The standard InChI is InChI=1S/C22H24N4O4S2/c1-15(21(27)23-17-12-13-32(28,29)14-17)31-22-25-24-20(16-8-10-19(30-2)11-9-16)26(22)18-6-4-3-5-7-18/h3-11,15,17H,12-14H2,1-2H3,(H,23,27). The van der Waals surface area contributed by atoms with Gasteiger partial charge in [0.05, 0.1) is 23.9 Å². The maximum Gasteiger partial charge on any atom is 0.233 e. The molecule has 0 bridgehead atoms. The Bertz CT molecular complexity index is 1190. The first-order valence-corrected chi connectivity index (χ1v) is 12.9. The molecule has 1 saturated heterocycles. The molecule has 0 saturated carbocycles. The Morgan fingerprint density at radius 1 is 1.16 bits per heavy atom. The Hall–Kier alpha value is -2.85. The van der Waals surface area contributed by atoms with E-state index in [-0.39, 0.29) is 23.5 Å². The number of benzene rings is 2. The zero-order valence-corrected chi connectivity index (χ0v) is 19.4. The van der Waals surface area contributed by atoms with E-state index < -0.39 is 15.1 Å². The van der Waals surface area contributed by atoms with Crippen molar-refractivity contribution in [1.29, 1.82) is 0 Å². The zero-order valence-electron chi connectivity index (χ0n) is 17.8. The van der Waals surface area contributed by atoms with Gasteiger partial charge in [-0.2, -0.15) is 0 Å². The summed E-state index contributed by atoms with van der Waals surface area (Å²) in [5.41, 5.74) is 1.74. The van der Waals surface area contributed by atoms with Crippen molar-refractivity contribution in [2.75, 3.05) is 18.6 Å². The molecule has 8 nitrogen and oxygen atoms in total. The third kappa shape index (κ3) is 4.97. The fourth-order valence-corrected chi connectivity index (χ4v) is 6.07. The van der Waals surface area contributed by atoms with Gasteiger partial charge in [0.15, 0.2) is 20.8 Å². The van der Waals surface area contributed by atoms with Crippen LogP contribution in [0.5, 0.6) is 5.75 Å². The van der Waals surface area contributed by atoms with Crippen LogP contribution in [0, 0.1) is 0 Å². The van der Waals surface area contributed by atoms with Crippen LogP contribution in [0.2, 0.25) is 0 Å². The number of sulfone groups is 1. The van der Waals surface area contributed by atoms with Crippen molar-refractivity contribution in [2.45, 2.75) is 29.8 Å². The fraction of sp³-hybridized carbons (Fsp3) is 0.318. The van der Waals surface area contributed by atoms with Crippen molar-refractivity contribution in [3.63, 3.8) is 0 Å². The van der Waals surface area contributed by atoms with Crippen LogP contribution in [0.3, 0.4) is 0 Å². The number of para-hydroxylation sites is 1. The lowest BCUT2D eigenvalue weighted by molar-refractivity contribution is -0.120. The van der Waals surface area contributed by atoms with E-state index in [1.54, 1.807) is 14.0 Å². The molecule has 1 fully saturated rings. The molecule has 3 aromatic rings. The second kappa shape index (κ2) is 9.33. The smallest absolute Gasteiger partial charge is 0.233 e. The minimum atomic E-state index is -3.06. The number of hydrogen-bond acceptors (Lipinski definition) is 7. The van der Waals surface area contributed by atoms with E-state index in [4.69, 9.17) is 4.74 Å².